The minimum Gasteiger partial charge on any atom is -0.508 e. The zero-order chi connectivity index (χ0) is 23.5. The number of phenolic OH excluding ortho intramolecular Hbond substituents is 2. The number of likely N-dealkylation sites (tertiary alicyclic amines) is 1. The third kappa shape index (κ3) is 3.13. The van der Waals surface area contributed by atoms with E-state index >= 15 is 0 Å². The number of piperidine rings is 1. The van der Waals surface area contributed by atoms with Crippen molar-refractivity contribution >= 4 is 0 Å². The summed E-state index contributed by atoms with van der Waals surface area (Å²) in [5, 5.41) is 54.0. The van der Waals surface area contributed by atoms with Crippen LogP contribution in [0.1, 0.15) is 35.6 Å². The Hall–Kier alpha value is -2.78. The van der Waals surface area contributed by atoms with Gasteiger partial charge in [-0.25, -0.2) is 0 Å². The second-order valence-corrected chi connectivity index (χ2v) is 9.14. The van der Waals surface area contributed by atoms with Gasteiger partial charge in [0.05, 0.1) is 32.5 Å². The Morgan fingerprint density at radius 2 is 1.70 bits per heavy atom. The smallest absolute Gasteiger partial charge is 0.162 e. The van der Waals surface area contributed by atoms with Crippen molar-refractivity contribution in [2.24, 2.45) is 0 Å². The first kappa shape index (κ1) is 22.0. The summed E-state index contributed by atoms with van der Waals surface area (Å²) in [7, 11) is 2.92. The number of nitrogens with zero attached hydrogens (tertiary/aromatic N) is 1. The van der Waals surface area contributed by atoms with Crippen LogP contribution in [0.3, 0.4) is 0 Å². The van der Waals surface area contributed by atoms with Crippen LogP contribution >= 0.6 is 0 Å². The molecule has 2 bridgehead atoms. The van der Waals surface area contributed by atoms with Crippen LogP contribution in [-0.2, 0) is 16.7 Å². The molecular weight excluding hydrogens is 426 g/mol. The molecule has 2 aromatic carbocycles. The standard InChI is InChI=1S/C25H29NO7/c1-32-17-8-7-15-18(23(17)31)25-9-10-26(12-13-3-5-14(27)6-4-13)20(21(15)29)19(25)24(33-2)22(30)16(28)11-25/h3-8,16,20-22,27-31H,9-12H2,1-2H3/t16-,20-,21+,22-,25+/m0/s1. The molecule has 5 rings (SSSR count). The zero-order valence-corrected chi connectivity index (χ0v) is 18.6. The lowest BCUT2D eigenvalue weighted by molar-refractivity contribution is -0.0536. The molecule has 8 nitrogen and oxygen atoms in total. The highest BCUT2D eigenvalue weighted by Gasteiger charge is 2.60. The highest BCUT2D eigenvalue weighted by atomic mass is 16.5. The van der Waals surface area contributed by atoms with Crippen LogP contribution in [-0.4, -0.2) is 69.4 Å². The molecular formula is C25H29NO7. The number of hydrogen-bond donors (Lipinski definition) is 5. The fourth-order valence-electron chi connectivity index (χ4n) is 6.11. The van der Waals surface area contributed by atoms with Crippen LogP contribution in [0.2, 0.25) is 0 Å². The van der Waals surface area contributed by atoms with E-state index < -0.39 is 29.8 Å². The van der Waals surface area contributed by atoms with Crippen molar-refractivity contribution in [3.8, 4) is 17.2 Å². The Kier molecular flexibility index (Phi) is 5.29. The molecule has 1 aliphatic heterocycles. The molecule has 0 radical (unpaired) electrons. The number of phenols is 2. The largest absolute Gasteiger partial charge is 0.508 e. The summed E-state index contributed by atoms with van der Waals surface area (Å²) in [6.07, 6.45) is -2.56. The molecule has 8 heteroatoms. The van der Waals surface area contributed by atoms with Crippen molar-refractivity contribution in [3.05, 3.63) is 64.4 Å². The van der Waals surface area contributed by atoms with Gasteiger partial charge in [-0.05, 0) is 42.2 Å². The SMILES string of the molecule is COC1=C2[C@H]3[C@H](O)c4ccc(OC)c(O)c4[C@@]2(CCN3Cc2ccc(O)cc2)C[C@H](O)[C@@H]1O. The average molecular weight is 456 g/mol. The van der Waals surface area contributed by atoms with Crippen LogP contribution in [0.5, 0.6) is 17.2 Å². The van der Waals surface area contributed by atoms with Gasteiger partial charge in [-0.1, -0.05) is 18.2 Å². The van der Waals surface area contributed by atoms with E-state index in [1.807, 2.05) is 12.1 Å². The number of methoxy groups -OCH3 is 2. The monoisotopic (exact) mass is 455 g/mol. The summed E-state index contributed by atoms with van der Waals surface area (Å²) in [5.41, 5.74) is 1.96. The van der Waals surface area contributed by atoms with Gasteiger partial charge in [0.2, 0.25) is 0 Å². The lowest BCUT2D eigenvalue weighted by Gasteiger charge is -2.58. The Morgan fingerprint density at radius 1 is 0.970 bits per heavy atom. The fraction of sp³-hybridized carbons (Fsp3) is 0.440. The van der Waals surface area contributed by atoms with Gasteiger partial charge in [0.15, 0.2) is 11.5 Å². The first-order valence-electron chi connectivity index (χ1n) is 11.1. The van der Waals surface area contributed by atoms with E-state index in [2.05, 4.69) is 4.90 Å². The van der Waals surface area contributed by atoms with Crippen molar-refractivity contribution in [3.63, 3.8) is 0 Å². The number of hydrogen-bond acceptors (Lipinski definition) is 8. The van der Waals surface area contributed by atoms with Gasteiger partial charge < -0.3 is 35.0 Å². The van der Waals surface area contributed by atoms with E-state index in [-0.39, 0.29) is 23.7 Å². The molecule has 2 aliphatic carbocycles. The lowest BCUT2D eigenvalue weighted by atomic mass is 9.54. The van der Waals surface area contributed by atoms with Gasteiger partial charge in [-0.15, -0.1) is 0 Å². The highest BCUT2D eigenvalue weighted by molar-refractivity contribution is 5.63. The first-order chi connectivity index (χ1) is 15.8. The van der Waals surface area contributed by atoms with E-state index in [1.54, 1.807) is 24.3 Å². The summed E-state index contributed by atoms with van der Waals surface area (Å²) in [6.45, 7) is 1.09. The summed E-state index contributed by atoms with van der Waals surface area (Å²) < 4.78 is 11.0. The number of rotatable bonds is 4. The number of benzene rings is 2. The van der Waals surface area contributed by atoms with Crippen molar-refractivity contribution in [2.75, 3.05) is 20.8 Å². The molecule has 5 N–H and O–H groups in total. The normalized spacial score (nSPS) is 31.1. The first-order valence-corrected chi connectivity index (χ1v) is 11.1. The number of aliphatic hydroxyl groups is 3. The van der Waals surface area contributed by atoms with Crippen molar-refractivity contribution in [1.82, 2.24) is 4.90 Å². The molecule has 1 saturated heterocycles. The minimum atomic E-state index is -1.23. The minimum absolute atomic E-state index is 0.0592. The van der Waals surface area contributed by atoms with Gasteiger partial charge in [0, 0.05) is 29.6 Å². The van der Waals surface area contributed by atoms with Gasteiger partial charge in [-0.2, -0.15) is 0 Å². The van der Waals surface area contributed by atoms with Crippen molar-refractivity contribution < 1.29 is 35.0 Å². The number of aromatic hydroxyl groups is 2. The molecule has 0 saturated carbocycles. The Labute approximate surface area is 191 Å². The van der Waals surface area contributed by atoms with Crippen LogP contribution in [0.15, 0.2) is 47.7 Å². The number of fused-ring (bicyclic) bond motifs is 1. The second kappa shape index (κ2) is 7.92. The Bertz CT molecular complexity index is 1100. The van der Waals surface area contributed by atoms with E-state index in [0.717, 1.165) is 5.56 Å². The quantitative estimate of drug-likeness (QED) is 0.472. The van der Waals surface area contributed by atoms with Crippen molar-refractivity contribution in [1.29, 1.82) is 0 Å². The van der Waals surface area contributed by atoms with E-state index in [9.17, 15) is 25.5 Å². The van der Waals surface area contributed by atoms with Crippen LogP contribution < -0.4 is 4.74 Å². The number of ether oxygens (including phenoxy) is 2. The summed E-state index contributed by atoms with van der Waals surface area (Å²) in [4.78, 5) is 2.12. The molecule has 2 aromatic rings. The van der Waals surface area contributed by atoms with Gasteiger partial charge in [0.1, 0.15) is 17.6 Å². The molecule has 0 aromatic heterocycles. The topological polar surface area (TPSA) is 123 Å². The predicted octanol–water partition coefficient (Wildman–Crippen LogP) is 1.69. The van der Waals surface area contributed by atoms with E-state index in [1.165, 1.54) is 14.2 Å². The van der Waals surface area contributed by atoms with E-state index in [0.29, 0.717) is 42.0 Å². The molecule has 0 amide bonds. The van der Waals surface area contributed by atoms with Crippen LogP contribution in [0, 0.1) is 0 Å². The molecule has 176 valence electrons. The van der Waals surface area contributed by atoms with Crippen LogP contribution in [0.25, 0.3) is 0 Å². The second-order valence-electron chi connectivity index (χ2n) is 9.14. The fourth-order valence-corrected chi connectivity index (χ4v) is 6.11. The third-order valence-corrected chi connectivity index (χ3v) is 7.52. The zero-order valence-electron chi connectivity index (χ0n) is 18.6. The molecule has 3 aliphatic rings. The summed E-state index contributed by atoms with van der Waals surface area (Å²) in [6, 6.07) is 9.79. The summed E-state index contributed by atoms with van der Waals surface area (Å²) in [5.74, 6) is 0.651. The van der Waals surface area contributed by atoms with E-state index in [4.69, 9.17) is 9.47 Å². The maximum atomic E-state index is 11.6. The lowest BCUT2D eigenvalue weighted by Crippen LogP contribution is -2.61. The third-order valence-electron chi connectivity index (χ3n) is 7.52. The Balaban J connectivity index is 1.72. The van der Waals surface area contributed by atoms with Gasteiger partial charge >= 0.3 is 0 Å². The van der Waals surface area contributed by atoms with Crippen molar-refractivity contribution in [2.45, 2.75) is 49.2 Å². The molecule has 1 heterocycles. The van der Waals surface area contributed by atoms with Gasteiger partial charge in [0.25, 0.3) is 0 Å². The molecule has 33 heavy (non-hydrogen) atoms. The maximum absolute atomic E-state index is 11.6. The number of aliphatic hydroxyl groups excluding tert-OH is 3. The van der Waals surface area contributed by atoms with Gasteiger partial charge in [-0.3, -0.25) is 4.90 Å². The molecule has 5 atom stereocenters. The van der Waals surface area contributed by atoms with Crippen LogP contribution in [0.4, 0.5) is 0 Å². The Morgan fingerprint density at radius 3 is 2.36 bits per heavy atom. The summed E-state index contributed by atoms with van der Waals surface area (Å²) >= 11 is 0. The molecule has 0 spiro atoms. The average Bonchev–Trinajstić information content (AvgIpc) is 2.80. The molecule has 0 unspecified atom stereocenters. The highest BCUT2D eigenvalue weighted by Crippen LogP contribution is 2.61. The maximum Gasteiger partial charge on any atom is 0.162 e. The molecule has 1 fully saturated rings. The predicted molar refractivity (Wildman–Crippen MR) is 119 cm³/mol.